The van der Waals surface area contributed by atoms with E-state index in [0.717, 1.165) is 35.9 Å². The van der Waals surface area contributed by atoms with Crippen molar-refractivity contribution in [3.63, 3.8) is 0 Å². The van der Waals surface area contributed by atoms with Gasteiger partial charge in [0.1, 0.15) is 5.69 Å². The van der Waals surface area contributed by atoms with Gasteiger partial charge in [0, 0.05) is 23.5 Å². The van der Waals surface area contributed by atoms with Gasteiger partial charge in [-0.1, -0.05) is 48.5 Å². The van der Waals surface area contributed by atoms with Crippen molar-refractivity contribution < 1.29 is 9.90 Å². The van der Waals surface area contributed by atoms with Crippen LogP contribution < -0.4 is 0 Å². The van der Waals surface area contributed by atoms with Crippen LogP contribution in [0.1, 0.15) is 41.4 Å². The number of aliphatic hydroxyl groups is 1. The number of aromatic amines is 1. The van der Waals surface area contributed by atoms with Crippen molar-refractivity contribution in [3.8, 4) is 0 Å². The minimum Gasteiger partial charge on any atom is -0.388 e. The molecular weight excluding hydrogens is 312 g/mol. The molecule has 1 aliphatic heterocycles. The highest BCUT2D eigenvalue weighted by Crippen LogP contribution is 2.29. The summed E-state index contributed by atoms with van der Waals surface area (Å²) >= 11 is 0. The molecule has 4 heteroatoms. The third-order valence-electron chi connectivity index (χ3n) is 5.08. The second kappa shape index (κ2) is 6.73. The van der Waals surface area contributed by atoms with Crippen molar-refractivity contribution in [3.05, 3.63) is 71.9 Å². The lowest BCUT2D eigenvalue weighted by Gasteiger charge is -2.26. The monoisotopic (exact) mass is 334 g/mol. The largest absolute Gasteiger partial charge is 0.388 e. The fourth-order valence-corrected chi connectivity index (χ4v) is 3.76. The number of nitrogens with zero attached hydrogens (tertiary/aromatic N) is 1. The zero-order valence-electron chi connectivity index (χ0n) is 14.1. The highest BCUT2D eigenvalue weighted by Gasteiger charge is 2.31. The number of aromatic nitrogens is 1. The van der Waals surface area contributed by atoms with Gasteiger partial charge in [-0.15, -0.1) is 0 Å². The number of hydrogen-bond donors (Lipinski definition) is 2. The minimum absolute atomic E-state index is 0.0268. The van der Waals surface area contributed by atoms with E-state index >= 15 is 0 Å². The fraction of sp³-hybridized carbons (Fsp3) is 0.286. The molecule has 0 aliphatic carbocycles. The smallest absolute Gasteiger partial charge is 0.270 e. The molecule has 3 aromatic rings. The zero-order valence-corrected chi connectivity index (χ0v) is 14.1. The van der Waals surface area contributed by atoms with Gasteiger partial charge in [-0.2, -0.15) is 0 Å². The second-order valence-electron chi connectivity index (χ2n) is 6.73. The lowest BCUT2D eigenvalue weighted by atomic mass is 10.0. The van der Waals surface area contributed by atoms with Crippen LogP contribution in [0.25, 0.3) is 10.9 Å². The number of nitrogens with one attached hydrogen (secondary N) is 1. The molecule has 2 heterocycles. The van der Waals surface area contributed by atoms with Crippen LogP contribution >= 0.6 is 0 Å². The van der Waals surface area contributed by atoms with Crippen molar-refractivity contribution in [2.45, 2.75) is 31.4 Å². The molecule has 0 radical (unpaired) electrons. The Morgan fingerprint density at radius 1 is 1.16 bits per heavy atom. The third-order valence-corrected chi connectivity index (χ3v) is 5.08. The average molecular weight is 334 g/mol. The summed E-state index contributed by atoms with van der Waals surface area (Å²) in [6, 6.07) is 19.6. The van der Waals surface area contributed by atoms with Gasteiger partial charge in [-0.05, 0) is 37.0 Å². The van der Waals surface area contributed by atoms with Crippen LogP contribution in [-0.2, 0) is 0 Å². The van der Waals surface area contributed by atoms with Gasteiger partial charge in [0.05, 0.1) is 6.10 Å². The quantitative estimate of drug-likeness (QED) is 0.760. The van der Waals surface area contributed by atoms with E-state index in [2.05, 4.69) is 4.98 Å². The van der Waals surface area contributed by atoms with Crippen LogP contribution in [0.5, 0.6) is 0 Å². The topological polar surface area (TPSA) is 56.3 Å². The van der Waals surface area contributed by atoms with Gasteiger partial charge in [0.15, 0.2) is 0 Å². The lowest BCUT2D eigenvalue weighted by molar-refractivity contribution is 0.0662. The SMILES string of the molecule is O=C(c1cc2ccccc2[nH]1)N1CCC[C@H]1C[C@H](O)c1ccccc1. The molecule has 0 spiro atoms. The molecular formula is C21H22N2O2. The number of carbonyl (C=O) groups excluding carboxylic acids is 1. The van der Waals surface area contributed by atoms with Gasteiger partial charge in [0.2, 0.25) is 0 Å². The number of aliphatic hydroxyl groups excluding tert-OH is 1. The van der Waals surface area contributed by atoms with Gasteiger partial charge in [-0.3, -0.25) is 4.79 Å². The van der Waals surface area contributed by atoms with E-state index in [1.54, 1.807) is 0 Å². The molecule has 0 unspecified atom stereocenters. The summed E-state index contributed by atoms with van der Waals surface area (Å²) in [5.74, 6) is 0.0268. The molecule has 1 aliphatic rings. The zero-order chi connectivity index (χ0) is 17.2. The molecule has 4 rings (SSSR count). The third kappa shape index (κ3) is 3.17. The molecule has 1 amide bonds. The van der Waals surface area contributed by atoms with Gasteiger partial charge in [-0.25, -0.2) is 0 Å². The van der Waals surface area contributed by atoms with Crippen LogP contribution in [0, 0.1) is 0 Å². The molecule has 4 nitrogen and oxygen atoms in total. The molecule has 25 heavy (non-hydrogen) atoms. The summed E-state index contributed by atoms with van der Waals surface area (Å²) in [5.41, 5.74) is 2.51. The van der Waals surface area contributed by atoms with Crippen LogP contribution in [0.3, 0.4) is 0 Å². The van der Waals surface area contributed by atoms with Crippen LogP contribution in [0.15, 0.2) is 60.7 Å². The number of H-pyrrole nitrogens is 1. The predicted octanol–water partition coefficient (Wildman–Crippen LogP) is 3.90. The molecule has 0 saturated carbocycles. The number of benzene rings is 2. The van der Waals surface area contributed by atoms with E-state index in [1.165, 1.54) is 0 Å². The van der Waals surface area contributed by atoms with E-state index in [1.807, 2.05) is 65.6 Å². The predicted molar refractivity (Wildman–Crippen MR) is 98.4 cm³/mol. The number of likely N-dealkylation sites (tertiary alicyclic amines) is 1. The molecule has 0 bridgehead atoms. The number of rotatable bonds is 4. The Morgan fingerprint density at radius 3 is 2.72 bits per heavy atom. The van der Waals surface area contributed by atoms with Crippen LogP contribution in [0.4, 0.5) is 0 Å². The first-order valence-electron chi connectivity index (χ1n) is 8.84. The fourth-order valence-electron chi connectivity index (χ4n) is 3.76. The maximum Gasteiger partial charge on any atom is 0.270 e. The Balaban J connectivity index is 1.51. The molecule has 128 valence electrons. The van der Waals surface area contributed by atoms with E-state index in [0.29, 0.717) is 12.1 Å². The van der Waals surface area contributed by atoms with Crippen LogP contribution in [-0.4, -0.2) is 33.5 Å². The first-order valence-corrected chi connectivity index (χ1v) is 8.84. The van der Waals surface area contributed by atoms with Crippen molar-refractivity contribution in [1.29, 1.82) is 0 Å². The van der Waals surface area contributed by atoms with Gasteiger partial charge >= 0.3 is 0 Å². The second-order valence-corrected chi connectivity index (χ2v) is 6.73. The number of hydrogen-bond acceptors (Lipinski definition) is 2. The Hall–Kier alpha value is -2.59. The summed E-state index contributed by atoms with van der Waals surface area (Å²) in [6.45, 7) is 0.750. The molecule has 2 N–H and O–H groups in total. The summed E-state index contributed by atoms with van der Waals surface area (Å²) in [6.07, 6.45) is 1.96. The number of carbonyl (C=O) groups is 1. The number of para-hydroxylation sites is 1. The van der Waals surface area contributed by atoms with E-state index in [-0.39, 0.29) is 11.9 Å². The van der Waals surface area contributed by atoms with Crippen molar-refractivity contribution in [1.82, 2.24) is 9.88 Å². The standard InChI is InChI=1S/C21H22N2O2/c24-20(15-7-2-1-3-8-15)14-17-10-6-12-23(17)21(25)19-13-16-9-4-5-11-18(16)22-19/h1-5,7-9,11,13,17,20,22,24H,6,10,12,14H2/t17-,20-/m0/s1. The highest BCUT2D eigenvalue weighted by atomic mass is 16.3. The summed E-state index contributed by atoms with van der Waals surface area (Å²) in [7, 11) is 0. The summed E-state index contributed by atoms with van der Waals surface area (Å²) in [4.78, 5) is 18.1. The van der Waals surface area contributed by atoms with Gasteiger partial charge in [0.25, 0.3) is 5.91 Å². The van der Waals surface area contributed by atoms with Crippen LogP contribution in [0.2, 0.25) is 0 Å². The maximum absolute atomic E-state index is 13.0. The number of amides is 1. The van der Waals surface area contributed by atoms with E-state index in [4.69, 9.17) is 0 Å². The number of fused-ring (bicyclic) bond motifs is 1. The lowest BCUT2D eigenvalue weighted by Crippen LogP contribution is -2.36. The first kappa shape index (κ1) is 15.9. The minimum atomic E-state index is -0.540. The van der Waals surface area contributed by atoms with Crippen molar-refractivity contribution >= 4 is 16.8 Å². The van der Waals surface area contributed by atoms with Crippen molar-refractivity contribution in [2.24, 2.45) is 0 Å². The maximum atomic E-state index is 13.0. The summed E-state index contributed by atoms with van der Waals surface area (Å²) < 4.78 is 0. The highest BCUT2D eigenvalue weighted by molar-refractivity contribution is 5.98. The molecule has 1 saturated heterocycles. The van der Waals surface area contributed by atoms with E-state index < -0.39 is 6.10 Å². The molecule has 2 atom stereocenters. The molecule has 1 aromatic heterocycles. The Morgan fingerprint density at radius 2 is 1.92 bits per heavy atom. The van der Waals surface area contributed by atoms with Gasteiger partial charge < -0.3 is 15.0 Å². The molecule has 2 aromatic carbocycles. The average Bonchev–Trinajstić information content (AvgIpc) is 3.28. The normalized spacial score (nSPS) is 18.6. The molecule has 1 fully saturated rings. The van der Waals surface area contributed by atoms with Crippen molar-refractivity contribution in [2.75, 3.05) is 6.54 Å². The Kier molecular flexibility index (Phi) is 4.28. The first-order chi connectivity index (χ1) is 12.2. The summed E-state index contributed by atoms with van der Waals surface area (Å²) in [5, 5.41) is 11.6. The Bertz CT molecular complexity index is 839. The van der Waals surface area contributed by atoms with E-state index in [9.17, 15) is 9.90 Å². The Labute approximate surface area is 147 Å².